The zero-order valence-electron chi connectivity index (χ0n) is 11.4. The lowest BCUT2D eigenvalue weighted by atomic mass is 10.3. The smallest absolute Gasteiger partial charge is 0.395 e. The second-order valence-corrected chi connectivity index (χ2v) is 4.32. The minimum Gasteiger partial charge on any atom is -0.395 e. The Morgan fingerprint density at radius 2 is 1.86 bits per heavy atom. The van der Waals surface area contributed by atoms with Gasteiger partial charge >= 0.3 is 5.88 Å². The molecule has 2 rings (SSSR count). The van der Waals surface area contributed by atoms with Gasteiger partial charge in [0.05, 0.1) is 6.07 Å². The molecule has 2 N–H and O–H groups in total. The van der Waals surface area contributed by atoms with Crippen LogP contribution in [0.5, 0.6) is 0 Å². The zero-order valence-corrected chi connectivity index (χ0v) is 11.4. The Bertz CT molecular complexity index is 681. The van der Waals surface area contributed by atoms with Crippen LogP contribution >= 0.6 is 0 Å². The van der Waals surface area contributed by atoms with E-state index < -0.39 is 16.7 Å². The molecule has 0 aliphatic rings. The summed E-state index contributed by atoms with van der Waals surface area (Å²) in [6, 6.07) is 11.2. The van der Waals surface area contributed by atoms with Crippen LogP contribution in [0.4, 0.5) is 11.6 Å². The molecule has 0 saturated heterocycles. The van der Waals surface area contributed by atoms with E-state index in [2.05, 4.69) is 10.6 Å². The fourth-order valence-electron chi connectivity index (χ4n) is 1.67. The van der Waals surface area contributed by atoms with Crippen LogP contribution in [0.25, 0.3) is 0 Å². The average Bonchev–Trinajstić information content (AvgIpc) is 2.98. The van der Waals surface area contributed by atoms with Crippen molar-refractivity contribution in [1.82, 2.24) is 5.32 Å². The number of nitrogens with one attached hydrogen (secondary N) is 2. The molecular formula is C14H13N3O5. The SMILES string of the molecule is O=C(CCNC(=O)c1ccc([N+](=O)[O-])o1)Nc1ccccc1. The molecule has 114 valence electrons. The molecule has 0 atom stereocenters. The van der Waals surface area contributed by atoms with E-state index in [0.29, 0.717) is 5.69 Å². The Morgan fingerprint density at radius 3 is 2.50 bits per heavy atom. The molecule has 2 amide bonds. The lowest BCUT2D eigenvalue weighted by Crippen LogP contribution is -2.27. The van der Waals surface area contributed by atoms with Crippen molar-refractivity contribution in [3.63, 3.8) is 0 Å². The number of nitrogens with zero attached hydrogens (tertiary/aromatic N) is 1. The first-order valence-electron chi connectivity index (χ1n) is 6.43. The van der Waals surface area contributed by atoms with Crippen molar-refractivity contribution in [2.24, 2.45) is 0 Å². The maximum Gasteiger partial charge on any atom is 0.433 e. The first-order valence-corrected chi connectivity index (χ1v) is 6.43. The molecule has 0 spiro atoms. The number of anilines is 1. The number of benzene rings is 1. The monoisotopic (exact) mass is 303 g/mol. The summed E-state index contributed by atoms with van der Waals surface area (Å²) >= 11 is 0. The van der Waals surface area contributed by atoms with Gasteiger partial charge in [0, 0.05) is 18.7 Å². The fourth-order valence-corrected chi connectivity index (χ4v) is 1.67. The van der Waals surface area contributed by atoms with Crippen LogP contribution < -0.4 is 10.6 Å². The minimum atomic E-state index is -0.732. The van der Waals surface area contributed by atoms with E-state index in [1.165, 1.54) is 6.07 Å². The average molecular weight is 303 g/mol. The van der Waals surface area contributed by atoms with Gasteiger partial charge in [-0.3, -0.25) is 19.7 Å². The number of hydrogen-bond donors (Lipinski definition) is 2. The van der Waals surface area contributed by atoms with E-state index in [9.17, 15) is 19.7 Å². The molecule has 0 unspecified atom stereocenters. The normalized spacial score (nSPS) is 10.0. The number of nitro groups is 1. The topological polar surface area (TPSA) is 114 Å². The van der Waals surface area contributed by atoms with Crippen molar-refractivity contribution in [2.45, 2.75) is 6.42 Å². The molecule has 1 aromatic heterocycles. The predicted molar refractivity (Wildman–Crippen MR) is 77.4 cm³/mol. The maximum absolute atomic E-state index is 11.7. The van der Waals surface area contributed by atoms with Gasteiger partial charge in [0.15, 0.2) is 5.76 Å². The third kappa shape index (κ3) is 4.17. The number of rotatable bonds is 6. The van der Waals surface area contributed by atoms with Crippen molar-refractivity contribution in [1.29, 1.82) is 0 Å². The second-order valence-electron chi connectivity index (χ2n) is 4.32. The van der Waals surface area contributed by atoms with E-state index in [1.807, 2.05) is 6.07 Å². The molecule has 0 aliphatic carbocycles. The summed E-state index contributed by atoms with van der Waals surface area (Å²) in [4.78, 5) is 33.0. The number of furan rings is 1. The molecule has 0 fully saturated rings. The van der Waals surface area contributed by atoms with Crippen molar-refractivity contribution < 1.29 is 18.9 Å². The fraction of sp³-hybridized carbons (Fsp3) is 0.143. The predicted octanol–water partition coefficient (Wildman–Crippen LogP) is 1.95. The Morgan fingerprint density at radius 1 is 1.14 bits per heavy atom. The van der Waals surface area contributed by atoms with Crippen LogP contribution in [0, 0.1) is 10.1 Å². The first kappa shape index (κ1) is 15.2. The van der Waals surface area contributed by atoms with Gasteiger partial charge in [-0.25, -0.2) is 0 Å². The summed E-state index contributed by atoms with van der Waals surface area (Å²) in [5.74, 6) is -1.54. The van der Waals surface area contributed by atoms with Crippen LogP contribution in [-0.2, 0) is 4.79 Å². The number of amides is 2. The lowest BCUT2D eigenvalue weighted by molar-refractivity contribution is -0.402. The van der Waals surface area contributed by atoms with E-state index in [1.54, 1.807) is 24.3 Å². The number of carbonyl (C=O) groups excluding carboxylic acids is 2. The quantitative estimate of drug-likeness (QED) is 0.625. The maximum atomic E-state index is 11.7. The van der Waals surface area contributed by atoms with Crippen LogP contribution in [-0.4, -0.2) is 23.3 Å². The Kier molecular flexibility index (Phi) is 4.86. The van der Waals surface area contributed by atoms with E-state index in [4.69, 9.17) is 4.42 Å². The van der Waals surface area contributed by atoms with E-state index in [0.717, 1.165) is 6.07 Å². The second kappa shape index (κ2) is 7.02. The van der Waals surface area contributed by atoms with E-state index >= 15 is 0 Å². The van der Waals surface area contributed by atoms with Gasteiger partial charge in [-0.2, -0.15) is 0 Å². The lowest BCUT2D eigenvalue weighted by Gasteiger charge is -2.05. The summed E-state index contributed by atoms with van der Waals surface area (Å²) in [7, 11) is 0. The molecule has 1 aromatic carbocycles. The van der Waals surface area contributed by atoms with E-state index in [-0.39, 0.29) is 24.6 Å². The Hall–Kier alpha value is -3.16. The third-order valence-corrected chi connectivity index (χ3v) is 2.69. The zero-order chi connectivity index (χ0) is 15.9. The molecule has 0 aliphatic heterocycles. The summed E-state index contributed by atoms with van der Waals surface area (Å²) in [6.45, 7) is 0.0893. The van der Waals surface area contributed by atoms with Crippen molar-refractivity contribution in [3.05, 3.63) is 58.3 Å². The number of carbonyl (C=O) groups is 2. The van der Waals surface area contributed by atoms with Gasteiger partial charge in [0.2, 0.25) is 5.91 Å². The Balaban J connectivity index is 1.76. The van der Waals surface area contributed by atoms with Crippen LogP contribution in [0.1, 0.15) is 17.0 Å². The van der Waals surface area contributed by atoms with Gasteiger partial charge in [0.25, 0.3) is 5.91 Å². The van der Waals surface area contributed by atoms with Gasteiger partial charge < -0.3 is 15.1 Å². The van der Waals surface area contributed by atoms with Crippen molar-refractivity contribution in [3.8, 4) is 0 Å². The standard InChI is InChI=1S/C14H13N3O5/c18-12(16-10-4-2-1-3-5-10)8-9-15-14(19)11-6-7-13(22-11)17(20)21/h1-7H,8-9H2,(H,15,19)(H,16,18). The highest BCUT2D eigenvalue weighted by molar-refractivity contribution is 5.93. The molecular weight excluding hydrogens is 290 g/mol. The molecule has 1 heterocycles. The number of hydrogen-bond acceptors (Lipinski definition) is 5. The highest BCUT2D eigenvalue weighted by Crippen LogP contribution is 2.15. The molecule has 0 saturated carbocycles. The molecule has 2 aromatic rings. The number of para-hydroxylation sites is 1. The summed E-state index contributed by atoms with van der Waals surface area (Å²) in [5, 5.41) is 15.6. The minimum absolute atomic E-state index is 0.0729. The molecule has 22 heavy (non-hydrogen) atoms. The van der Waals surface area contributed by atoms with Crippen LogP contribution in [0.3, 0.4) is 0 Å². The third-order valence-electron chi connectivity index (χ3n) is 2.69. The van der Waals surface area contributed by atoms with Crippen molar-refractivity contribution >= 4 is 23.4 Å². The largest absolute Gasteiger partial charge is 0.433 e. The Labute approximate surface area is 125 Å². The summed E-state index contributed by atoms with van der Waals surface area (Å²) in [5.41, 5.74) is 0.667. The highest BCUT2D eigenvalue weighted by atomic mass is 16.6. The van der Waals surface area contributed by atoms with Crippen molar-refractivity contribution in [2.75, 3.05) is 11.9 Å². The van der Waals surface area contributed by atoms with Crippen LogP contribution in [0.2, 0.25) is 0 Å². The van der Waals surface area contributed by atoms with Gasteiger partial charge in [-0.1, -0.05) is 18.2 Å². The molecule has 8 heteroatoms. The van der Waals surface area contributed by atoms with Crippen LogP contribution in [0.15, 0.2) is 46.9 Å². The molecule has 8 nitrogen and oxygen atoms in total. The molecule has 0 radical (unpaired) electrons. The van der Waals surface area contributed by atoms with Gasteiger partial charge in [0.1, 0.15) is 4.92 Å². The molecule has 0 bridgehead atoms. The highest BCUT2D eigenvalue weighted by Gasteiger charge is 2.17. The summed E-state index contributed by atoms with van der Waals surface area (Å²) in [6.07, 6.45) is 0.0729. The summed E-state index contributed by atoms with van der Waals surface area (Å²) < 4.78 is 4.75. The van der Waals surface area contributed by atoms with Gasteiger partial charge in [-0.15, -0.1) is 0 Å². The first-order chi connectivity index (χ1) is 10.6. The van der Waals surface area contributed by atoms with Gasteiger partial charge in [-0.05, 0) is 18.2 Å².